The predicted octanol–water partition coefficient (Wildman–Crippen LogP) is 3.04. The van der Waals surface area contributed by atoms with E-state index in [4.69, 9.17) is 14.6 Å². The fourth-order valence-electron chi connectivity index (χ4n) is 1.93. The van der Waals surface area contributed by atoms with Crippen molar-refractivity contribution in [3.8, 4) is 5.75 Å². The molecule has 0 heterocycles. The zero-order valence-electron chi connectivity index (χ0n) is 11.7. The topological polar surface area (TPSA) is 84.9 Å². The summed E-state index contributed by atoms with van der Waals surface area (Å²) in [7, 11) is 0. The molecule has 2 rings (SSSR count). The molecule has 0 aliphatic rings. The number of hydrogen-bond acceptors (Lipinski definition) is 4. The number of rotatable bonds is 6. The van der Waals surface area contributed by atoms with Gasteiger partial charge in [-0.15, -0.1) is 0 Å². The van der Waals surface area contributed by atoms with Gasteiger partial charge in [0.2, 0.25) is 0 Å². The van der Waals surface area contributed by atoms with Crippen LogP contribution in [0.4, 0.5) is 10.5 Å². The van der Waals surface area contributed by atoms with Gasteiger partial charge in [0.05, 0.1) is 5.69 Å². The predicted molar refractivity (Wildman–Crippen MR) is 82.2 cm³/mol. The lowest BCUT2D eigenvalue weighted by atomic mass is 10.1. The number of aliphatic carboxylic acids is 1. The van der Waals surface area contributed by atoms with Crippen molar-refractivity contribution >= 4 is 28.5 Å². The fraction of sp³-hybridized carbons (Fsp3) is 0.125. The molecule has 22 heavy (non-hydrogen) atoms. The Bertz CT molecular complexity index is 711. The number of carboxylic acids is 1. The van der Waals surface area contributed by atoms with Crippen LogP contribution in [0, 0.1) is 0 Å². The number of carbonyl (C=O) groups excluding carboxylic acids is 1. The number of nitrogens with one attached hydrogen (secondary N) is 1. The van der Waals surface area contributed by atoms with E-state index in [1.165, 1.54) is 6.08 Å². The molecule has 0 atom stereocenters. The van der Waals surface area contributed by atoms with Gasteiger partial charge in [0.1, 0.15) is 12.4 Å². The first-order valence-corrected chi connectivity index (χ1v) is 6.53. The highest BCUT2D eigenvalue weighted by Crippen LogP contribution is 2.31. The van der Waals surface area contributed by atoms with Crippen molar-refractivity contribution in [1.29, 1.82) is 0 Å². The van der Waals surface area contributed by atoms with Crippen molar-refractivity contribution in [2.24, 2.45) is 0 Å². The number of ether oxygens (including phenoxy) is 2. The van der Waals surface area contributed by atoms with Crippen LogP contribution in [-0.2, 0) is 9.53 Å². The van der Waals surface area contributed by atoms with Gasteiger partial charge in [-0.3, -0.25) is 5.32 Å². The number of hydrogen-bond donors (Lipinski definition) is 2. The molecule has 0 unspecified atom stereocenters. The first-order valence-electron chi connectivity index (χ1n) is 6.53. The second-order valence-corrected chi connectivity index (χ2v) is 4.35. The van der Waals surface area contributed by atoms with Gasteiger partial charge in [0, 0.05) is 10.8 Å². The number of anilines is 1. The van der Waals surface area contributed by atoms with Crippen LogP contribution in [0.3, 0.4) is 0 Å². The van der Waals surface area contributed by atoms with Crippen molar-refractivity contribution in [3.05, 3.63) is 49.1 Å². The minimum absolute atomic E-state index is 0.115. The van der Waals surface area contributed by atoms with E-state index >= 15 is 0 Å². The molecule has 0 spiro atoms. The second kappa shape index (κ2) is 7.12. The molecule has 1 amide bonds. The average Bonchev–Trinajstić information content (AvgIpc) is 2.52. The maximum absolute atomic E-state index is 11.6. The minimum Gasteiger partial charge on any atom is -0.481 e. The number of carbonyl (C=O) groups is 2. The highest BCUT2D eigenvalue weighted by atomic mass is 16.5. The Labute approximate surface area is 127 Å². The zero-order valence-corrected chi connectivity index (χ0v) is 11.7. The number of fused-ring (bicyclic) bond motifs is 1. The smallest absolute Gasteiger partial charge is 0.411 e. The summed E-state index contributed by atoms with van der Waals surface area (Å²) >= 11 is 0. The zero-order chi connectivity index (χ0) is 15.9. The molecule has 2 N–H and O–H groups in total. The van der Waals surface area contributed by atoms with Crippen LogP contribution in [-0.4, -0.2) is 30.4 Å². The summed E-state index contributed by atoms with van der Waals surface area (Å²) in [6.45, 7) is 3.15. The third-order valence-electron chi connectivity index (χ3n) is 2.80. The van der Waals surface area contributed by atoms with Gasteiger partial charge >= 0.3 is 12.1 Å². The standard InChI is InChI=1S/C16H15NO5/c1-2-9-21-16(20)17-13-7-8-14(22-10-15(18)19)12-6-4-3-5-11(12)13/h2-8H,1,9-10H2,(H,17,20)(H,18,19). The van der Waals surface area contributed by atoms with Crippen LogP contribution in [0.15, 0.2) is 49.1 Å². The first kappa shape index (κ1) is 15.4. The summed E-state index contributed by atoms with van der Waals surface area (Å²) in [6.07, 6.45) is 0.879. The molecule has 0 radical (unpaired) electrons. The normalized spacial score (nSPS) is 10.0. The maximum atomic E-state index is 11.6. The minimum atomic E-state index is -1.06. The van der Waals surface area contributed by atoms with E-state index in [1.807, 2.05) is 6.07 Å². The van der Waals surface area contributed by atoms with Gasteiger partial charge in [-0.2, -0.15) is 0 Å². The van der Waals surface area contributed by atoms with E-state index in [2.05, 4.69) is 11.9 Å². The van der Waals surface area contributed by atoms with Crippen LogP contribution in [0.2, 0.25) is 0 Å². The Morgan fingerprint density at radius 2 is 1.91 bits per heavy atom. The average molecular weight is 301 g/mol. The van der Waals surface area contributed by atoms with Gasteiger partial charge in [0.25, 0.3) is 0 Å². The molecule has 6 heteroatoms. The summed E-state index contributed by atoms with van der Waals surface area (Å²) in [5.74, 6) is -0.623. The van der Waals surface area contributed by atoms with E-state index < -0.39 is 18.7 Å². The Morgan fingerprint density at radius 1 is 1.18 bits per heavy atom. The lowest BCUT2D eigenvalue weighted by Gasteiger charge is -2.12. The van der Waals surface area contributed by atoms with Crippen molar-refractivity contribution < 1.29 is 24.2 Å². The molecule has 6 nitrogen and oxygen atoms in total. The van der Waals surface area contributed by atoms with E-state index in [1.54, 1.807) is 30.3 Å². The SMILES string of the molecule is C=CCOC(=O)Nc1ccc(OCC(=O)O)c2ccccc12. The van der Waals surface area contributed by atoms with Crippen LogP contribution >= 0.6 is 0 Å². The van der Waals surface area contributed by atoms with Crippen LogP contribution in [0.1, 0.15) is 0 Å². The summed E-state index contributed by atoms with van der Waals surface area (Å²) in [5.41, 5.74) is 0.548. The first-order chi connectivity index (χ1) is 10.6. The summed E-state index contributed by atoms with van der Waals surface area (Å²) in [4.78, 5) is 22.2. The molecular formula is C16H15NO5. The number of benzene rings is 2. The molecule has 0 saturated heterocycles. The van der Waals surface area contributed by atoms with Gasteiger partial charge < -0.3 is 14.6 Å². The molecule has 114 valence electrons. The highest BCUT2D eigenvalue weighted by Gasteiger charge is 2.10. The Hall–Kier alpha value is -3.02. The Balaban J connectivity index is 2.29. The quantitative estimate of drug-likeness (QED) is 0.801. The van der Waals surface area contributed by atoms with Crippen molar-refractivity contribution in [2.75, 3.05) is 18.5 Å². The molecular weight excluding hydrogens is 286 g/mol. The molecule has 0 aliphatic carbocycles. The highest BCUT2D eigenvalue weighted by molar-refractivity contribution is 6.02. The molecule has 0 saturated carbocycles. The third kappa shape index (κ3) is 3.76. The monoisotopic (exact) mass is 301 g/mol. The van der Waals surface area contributed by atoms with Crippen molar-refractivity contribution in [1.82, 2.24) is 0 Å². The van der Waals surface area contributed by atoms with Crippen molar-refractivity contribution in [2.45, 2.75) is 0 Å². The van der Waals surface area contributed by atoms with Crippen LogP contribution in [0.25, 0.3) is 10.8 Å². The second-order valence-electron chi connectivity index (χ2n) is 4.35. The fourth-order valence-corrected chi connectivity index (χ4v) is 1.93. The Morgan fingerprint density at radius 3 is 2.59 bits per heavy atom. The van der Waals surface area contributed by atoms with Gasteiger partial charge in [0.15, 0.2) is 6.61 Å². The molecule has 0 aromatic heterocycles. The third-order valence-corrected chi connectivity index (χ3v) is 2.80. The number of amides is 1. The summed E-state index contributed by atoms with van der Waals surface area (Å²) in [5, 5.41) is 12.7. The molecule has 0 bridgehead atoms. The molecule has 0 aliphatic heterocycles. The van der Waals surface area contributed by atoms with Crippen LogP contribution in [0.5, 0.6) is 5.75 Å². The van der Waals surface area contributed by atoms with E-state index in [-0.39, 0.29) is 6.61 Å². The van der Waals surface area contributed by atoms with Crippen LogP contribution < -0.4 is 10.1 Å². The number of carboxylic acid groups (broad SMARTS) is 1. The largest absolute Gasteiger partial charge is 0.481 e. The van der Waals surface area contributed by atoms with E-state index in [0.29, 0.717) is 16.8 Å². The van der Waals surface area contributed by atoms with Gasteiger partial charge in [-0.05, 0) is 12.1 Å². The maximum Gasteiger partial charge on any atom is 0.411 e. The van der Waals surface area contributed by atoms with E-state index in [0.717, 1.165) is 5.39 Å². The molecule has 0 fully saturated rings. The van der Waals surface area contributed by atoms with Crippen molar-refractivity contribution in [3.63, 3.8) is 0 Å². The lowest BCUT2D eigenvalue weighted by Crippen LogP contribution is -2.14. The Kier molecular flexibility index (Phi) is 4.98. The summed E-state index contributed by atoms with van der Waals surface area (Å²) < 4.78 is 10.1. The van der Waals surface area contributed by atoms with E-state index in [9.17, 15) is 9.59 Å². The van der Waals surface area contributed by atoms with Gasteiger partial charge in [-0.1, -0.05) is 36.9 Å². The molecule has 2 aromatic carbocycles. The molecule has 2 aromatic rings. The van der Waals surface area contributed by atoms with Gasteiger partial charge in [-0.25, -0.2) is 9.59 Å². The lowest BCUT2D eigenvalue weighted by molar-refractivity contribution is -0.139. The summed E-state index contributed by atoms with van der Waals surface area (Å²) in [6, 6.07) is 10.4.